The predicted molar refractivity (Wildman–Crippen MR) is 77.9 cm³/mol. The third-order valence-corrected chi connectivity index (χ3v) is 5.95. The van der Waals surface area contributed by atoms with Gasteiger partial charge in [-0.25, -0.2) is 8.42 Å². The Morgan fingerprint density at radius 3 is 2.80 bits per heavy atom. The fraction of sp³-hybridized carbons (Fsp3) is 0.769. The van der Waals surface area contributed by atoms with E-state index in [1.807, 2.05) is 7.05 Å². The predicted octanol–water partition coefficient (Wildman–Crippen LogP) is 0.769. The summed E-state index contributed by atoms with van der Waals surface area (Å²) in [5.74, 6) is 0.984. The number of piperidine rings is 1. The molecule has 0 bridgehead atoms. The highest BCUT2D eigenvalue weighted by Crippen LogP contribution is 2.27. The summed E-state index contributed by atoms with van der Waals surface area (Å²) in [6.45, 7) is 6.94. The Morgan fingerprint density at radius 1 is 1.40 bits per heavy atom. The van der Waals surface area contributed by atoms with Gasteiger partial charge in [0.2, 0.25) is 10.0 Å². The SMILES string of the molecule is CNCCn1cc(S(=O)(=O)N2CCC(C)C(C)C2)cn1. The Morgan fingerprint density at radius 2 is 2.15 bits per heavy atom. The number of hydrogen-bond acceptors (Lipinski definition) is 4. The van der Waals surface area contributed by atoms with E-state index in [0.29, 0.717) is 36.4 Å². The van der Waals surface area contributed by atoms with Gasteiger partial charge in [-0.1, -0.05) is 13.8 Å². The second-order valence-electron chi connectivity index (χ2n) is 5.65. The summed E-state index contributed by atoms with van der Waals surface area (Å²) < 4.78 is 28.4. The summed E-state index contributed by atoms with van der Waals surface area (Å²) >= 11 is 0. The summed E-state index contributed by atoms with van der Waals surface area (Å²) in [7, 11) is -1.53. The normalized spacial score (nSPS) is 24.9. The number of hydrogen-bond donors (Lipinski definition) is 1. The minimum absolute atomic E-state index is 0.301. The quantitative estimate of drug-likeness (QED) is 0.872. The highest BCUT2D eigenvalue weighted by molar-refractivity contribution is 7.89. The maximum Gasteiger partial charge on any atom is 0.246 e. The van der Waals surface area contributed by atoms with Crippen molar-refractivity contribution in [3.05, 3.63) is 12.4 Å². The van der Waals surface area contributed by atoms with Gasteiger partial charge in [0.25, 0.3) is 0 Å². The van der Waals surface area contributed by atoms with Crippen LogP contribution in [0.25, 0.3) is 0 Å². The highest BCUT2D eigenvalue weighted by Gasteiger charge is 2.32. The molecule has 1 N–H and O–H groups in total. The first-order valence-electron chi connectivity index (χ1n) is 7.12. The Bertz CT molecular complexity index is 540. The lowest BCUT2D eigenvalue weighted by Crippen LogP contribution is -2.42. The van der Waals surface area contributed by atoms with Crippen molar-refractivity contribution in [2.24, 2.45) is 11.8 Å². The van der Waals surface area contributed by atoms with Gasteiger partial charge in [-0.15, -0.1) is 0 Å². The summed E-state index contributed by atoms with van der Waals surface area (Å²) in [6, 6.07) is 0. The van der Waals surface area contributed by atoms with Crippen LogP contribution in [-0.4, -0.2) is 49.2 Å². The van der Waals surface area contributed by atoms with Crippen molar-refractivity contribution >= 4 is 10.0 Å². The second kappa shape index (κ2) is 6.24. The molecule has 2 rings (SSSR count). The van der Waals surface area contributed by atoms with Gasteiger partial charge in [-0.2, -0.15) is 9.40 Å². The number of nitrogens with zero attached hydrogens (tertiary/aromatic N) is 3. The third-order valence-electron chi connectivity index (χ3n) is 4.14. The molecular weight excluding hydrogens is 276 g/mol. The van der Waals surface area contributed by atoms with Crippen LogP contribution in [0.1, 0.15) is 20.3 Å². The van der Waals surface area contributed by atoms with Crippen molar-refractivity contribution in [3.8, 4) is 0 Å². The maximum atomic E-state index is 12.6. The number of sulfonamides is 1. The van der Waals surface area contributed by atoms with Crippen LogP contribution in [0.15, 0.2) is 17.3 Å². The minimum atomic E-state index is -3.39. The average molecular weight is 300 g/mol. The molecule has 1 aliphatic heterocycles. The number of rotatable bonds is 5. The first-order chi connectivity index (χ1) is 9.45. The first-order valence-corrected chi connectivity index (χ1v) is 8.56. The summed E-state index contributed by atoms with van der Waals surface area (Å²) in [6.07, 6.45) is 4.00. The van der Waals surface area contributed by atoms with Gasteiger partial charge in [0, 0.05) is 25.8 Å². The standard InChI is InChI=1S/C13H24N4O2S/c1-11-4-6-17(9-12(11)2)20(18,19)13-8-15-16(10-13)7-5-14-3/h8,10-12,14H,4-7,9H2,1-3H3. The first kappa shape index (κ1) is 15.5. The van der Waals surface area contributed by atoms with E-state index in [2.05, 4.69) is 24.3 Å². The number of aromatic nitrogens is 2. The molecule has 0 radical (unpaired) electrons. The van der Waals surface area contributed by atoms with Gasteiger partial charge in [0.15, 0.2) is 0 Å². The molecular formula is C13H24N4O2S. The summed E-state index contributed by atoms with van der Waals surface area (Å²) in [5, 5.41) is 7.14. The van der Waals surface area contributed by atoms with Gasteiger partial charge in [-0.3, -0.25) is 4.68 Å². The fourth-order valence-electron chi connectivity index (χ4n) is 2.42. The summed E-state index contributed by atoms with van der Waals surface area (Å²) in [4.78, 5) is 0.301. The zero-order valence-corrected chi connectivity index (χ0v) is 13.2. The maximum absolute atomic E-state index is 12.6. The molecule has 1 aromatic rings. The van der Waals surface area contributed by atoms with E-state index in [1.54, 1.807) is 15.2 Å². The van der Waals surface area contributed by atoms with Gasteiger partial charge in [0.05, 0.1) is 12.7 Å². The number of likely N-dealkylation sites (N-methyl/N-ethyl adjacent to an activating group) is 1. The molecule has 7 heteroatoms. The molecule has 0 amide bonds. The van der Waals surface area contributed by atoms with Crippen molar-refractivity contribution in [2.45, 2.75) is 31.7 Å². The van der Waals surface area contributed by atoms with E-state index in [0.717, 1.165) is 13.0 Å². The van der Waals surface area contributed by atoms with Crippen molar-refractivity contribution in [3.63, 3.8) is 0 Å². The van der Waals surface area contributed by atoms with E-state index >= 15 is 0 Å². The van der Waals surface area contributed by atoms with Crippen LogP contribution in [0.2, 0.25) is 0 Å². The molecule has 1 fully saturated rings. The molecule has 0 saturated carbocycles. The van der Waals surface area contributed by atoms with Crippen molar-refractivity contribution in [1.82, 2.24) is 19.4 Å². The zero-order valence-electron chi connectivity index (χ0n) is 12.4. The number of nitrogens with one attached hydrogen (secondary N) is 1. The molecule has 0 aromatic carbocycles. The molecule has 2 unspecified atom stereocenters. The molecule has 6 nitrogen and oxygen atoms in total. The zero-order chi connectivity index (χ0) is 14.8. The Hall–Kier alpha value is -0.920. The Balaban J connectivity index is 2.12. The molecule has 1 aliphatic rings. The van der Waals surface area contributed by atoms with Crippen LogP contribution in [0.5, 0.6) is 0 Å². The molecule has 1 aromatic heterocycles. The van der Waals surface area contributed by atoms with Crippen LogP contribution in [0.4, 0.5) is 0 Å². The summed E-state index contributed by atoms with van der Waals surface area (Å²) in [5.41, 5.74) is 0. The highest BCUT2D eigenvalue weighted by atomic mass is 32.2. The molecule has 2 heterocycles. The van der Waals surface area contributed by atoms with E-state index in [9.17, 15) is 8.42 Å². The van der Waals surface area contributed by atoms with Gasteiger partial charge in [-0.05, 0) is 25.3 Å². The van der Waals surface area contributed by atoms with E-state index < -0.39 is 10.0 Å². The Labute approximate surface area is 121 Å². The van der Waals surface area contributed by atoms with Crippen LogP contribution in [0.3, 0.4) is 0 Å². The lowest BCUT2D eigenvalue weighted by atomic mass is 9.90. The largest absolute Gasteiger partial charge is 0.318 e. The smallest absolute Gasteiger partial charge is 0.246 e. The van der Waals surface area contributed by atoms with Crippen LogP contribution < -0.4 is 5.32 Å². The van der Waals surface area contributed by atoms with Crippen molar-refractivity contribution < 1.29 is 8.42 Å². The average Bonchev–Trinajstić information content (AvgIpc) is 2.89. The molecule has 0 spiro atoms. The van der Waals surface area contributed by atoms with Crippen LogP contribution >= 0.6 is 0 Å². The van der Waals surface area contributed by atoms with Crippen LogP contribution in [-0.2, 0) is 16.6 Å². The van der Waals surface area contributed by atoms with Gasteiger partial charge >= 0.3 is 0 Å². The van der Waals surface area contributed by atoms with E-state index in [1.165, 1.54) is 6.20 Å². The topological polar surface area (TPSA) is 67.2 Å². The van der Waals surface area contributed by atoms with E-state index in [-0.39, 0.29) is 0 Å². The molecule has 2 atom stereocenters. The Kier molecular flexibility index (Phi) is 4.82. The third kappa shape index (κ3) is 3.21. The second-order valence-corrected chi connectivity index (χ2v) is 7.59. The fourth-order valence-corrected chi connectivity index (χ4v) is 3.93. The molecule has 1 saturated heterocycles. The molecule has 114 valence electrons. The minimum Gasteiger partial charge on any atom is -0.318 e. The van der Waals surface area contributed by atoms with E-state index in [4.69, 9.17) is 0 Å². The van der Waals surface area contributed by atoms with Crippen molar-refractivity contribution in [1.29, 1.82) is 0 Å². The lowest BCUT2D eigenvalue weighted by molar-refractivity contribution is 0.212. The van der Waals surface area contributed by atoms with Gasteiger partial charge in [0.1, 0.15) is 4.90 Å². The lowest BCUT2D eigenvalue weighted by Gasteiger charge is -2.34. The van der Waals surface area contributed by atoms with Crippen LogP contribution in [0, 0.1) is 11.8 Å². The molecule has 20 heavy (non-hydrogen) atoms. The van der Waals surface area contributed by atoms with Gasteiger partial charge < -0.3 is 5.32 Å². The van der Waals surface area contributed by atoms with Crippen molar-refractivity contribution in [2.75, 3.05) is 26.7 Å². The monoisotopic (exact) mass is 300 g/mol. The molecule has 0 aliphatic carbocycles.